The highest BCUT2D eigenvalue weighted by atomic mass is 35.5. The smallest absolute Gasteiger partial charge is 0.272 e. The van der Waals surface area contributed by atoms with Gasteiger partial charge < -0.3 is 10.1 Å². The summed E-state index contributed by atoms with van der Waals surface area (Å²) in [5, 5.41) is 5.75. The minimum absolute atomic E-state index is 0.00552. The van der Waals surface area contributed by atoms with E-state index in [-0.39, 0.29) is 12.5 Å². The van der Waals surface area contributed by atoms with Crippen molar-refractivity contribution in [3.05, 3.63) is 29.3 Å². The van der Waals surface area contributed by atoms with Gasteiger partial charge in [-0.1, -0.05) is 11.6 Å². The second-order valence-corrected chi connectivity index (χ2v) is 4.45. The van der Waals surface area contributed by atoms with Gasteiger partial charge in [0.25, 0.3) is 5.91 Å². The number of nitrogens with one attached hydrogen (secondary N) is 2. The van der Waals surface area contributed by atoms with Gasteiger partial charge in [-0.3, -0.25) is 10.2 Å². The van der Waals surface area contributed by atoms with Gasteiger partial charge in [0.2, 0.25) is 0 Å². The van der Waals surface area contributed by atoms with E-state index in [1.165, 1.54) is 0 Å². The van der Waals surface area contributed by atoms with E-state index in [0.29, 0.717) is 10.8 Å². The van der Waals surface area contributed by atoms with Crippen LogP contribution < -0.4 is 15.5 Å². The van der Waals surface area contributed by atoms with Gasteiger partial charge in [-0.2, -0.15) is 0 Å². The molecule has 0 atom stereocenters. The maximum atomic E-state index is 11.6. The molecule has 1 aromatic carbocycles. The van der Waals surface area contributed by atoms with Crippen molar-refractivity contribution in [3.63, 3.8) is 0 Å². The van der Waals surface area contributed by atoms with Crippen LogP contribution in [0.25, 0.3) is 0 Å². The van der Waals surface area contributed by atoms with Crippen LogP contribution in [0.15, 0.2) is 24.3 Å². The molecule has 0 spiro atoms. The number of rotatable bonds is 4. The van der Waals surface area contributed by atoms with E-state index < -0.39 is 0 Å². The number of ether oxygens (including phenoxy) is 1. The van der Waals surface area contributed by atoms with Crippen molar-refractivity contribution in [2.45, 2.75) is 0 Å². The monoisotopic (exact) mass is 269 g/mol. The van der Waals surface area contributed by atoms with Crippen LogP contribution in [-0.2, 0) is 4.79 Å². The zero-order chi connectivity index (χ0) is 12.8. The molecule has 1 aromatic rings. The molecule has 1 heterocycles. The third-order valence-electron chi connectivity index (χ3n) is 2.58. The Bertz CT molecular complexity index is 391. The van der Waals surface area contributed by atoms with E-state index in [0.717, 1.165) is 26.2 Å². The van der Waals surface area contributed by atoms with Crippen LogP contribution >= 0.6 is 11.6 Å². The van der Waals surface area contributed by atoms with Crippen LogP contribution in [0.2, 0.25) is 5.02 Å². The van der Waals surface area contributed by atoms with Gasteiger partial charge in [-0.25, -0.2) is 5.01 Å². The molecule has 2 N–H and O–H groups in total. The molecule has 0 aromatic heterocycles. The zero-order valence-corrected chi connectivity index (χ0v) is 10.7. The predicted octanol–water partition coefficient (Wildman–Crippen LogP) is 0.655. The second kappa shape index (κ2) is 6.58. The lowest BCUT2D eigenvalue weighted by Gasteiger charge is -2.27. The number of hydrogen-bond acceptors (Lipinski definition) is 4. The van der Waals surface area contributed by atoms with Crippen LogP contribution in [0.1, 0.15) is 0 Å². The number of piperazine rings is 1. The fourth-order valence-electron chi connectivity index (χ4n) is 1.66. The molecule has 1 amide bonds. The molecule has 5 nitrogen and oxygen atoms in total. The first-order valence-corrected chi connectivity index (χ1v) is 6.25. The molecule has 0 bridgehead atoms. The Morgan fingerprint density at radius 2 is 2.00 bits per heavy atom. The SMILES string of the molecule is O=C(COc1ccc(Cl)cc1)NN1CCNCC1. The minimum atomic E-state index is -0.146. The summed E-state index contributed by atoms with van der Waals surface area (Å²) in [6.45, 7) is 3.40. The Hall–Kier alpha value is -1.30. The Kier molecular flexibility index (Phi) is 4.81. The molecule has 2 rings (SSSR count). The van der Waals surface area contributed by atoms with Crippen LogP contribution in [0.5, 0.6) is 5.75 Å². The lowest BCUT2D eigenvalue weighted by Crippen LogP contribution is -2.53. The summed E-state index contributed by atoms with van der Waals surface area (Å²) in [4.78, 5) is 11.6. The van der Waals surface area contributed by atoms with E-state index >= 15 is 0 Å². The van der Waals surface area contributed by atoms with Gasteiger partial charge in [-0.05, 0) is 24.3 Å². The Balaban J connectivity index is 1.72. The predicted molar refractivity (Wildman–Crippen MR) is 69.5 cm³/mol. The van der Waals surface area contributed by atoms with Gasteiger partial charge in [0.15, 0.2) is 6.61 Å². The fourth-order valence-corrected chi connectivity index (χ4v) is 1.79. The highest BCUT2D eigenvalue weighted by Gasteiger charge is 2.12. The van der Waals surface area contributed by atoms with Crippen molar-refractivity contribution in [2.24, 2.45) is 0 Å². The summed E-state index contributed by atoms with van der Waals surface area (Å²) < 4.78 is 5.35. The third-order valence-corrected chi connectivity index (χ3v) is 2.84. The van der Waals surface area contributed by atoms with E-state index in [2.05, 4.69) is 10.7 Å². The van der Waals surface area contributed by atoms with Crippen molar-refractivity contribution in [1.29, 1.82) is 0 Å². The Labute approximate surface area is 111 Å². The first kappa shape index (κ1) is 13.1. The van der Waals surface area contributed by atoms with Crippen molar-refractivity contribution in [3.8, 4) is 5.75 Å². The molecule has 1 fully saturated rings. The summed E-state index contributed by atoms with van der Waals surface area (Å²) in [5.74, 6) is 0.488. The molecule has 1 aliphatic rings. The van der Waals surface area contributed by atoms with Crippen LogP contribution in [0.3, 0.4) is 0 Å². The second-order valence-electron chi connectivity index (χ2n) is 4.01. The van der Waals surface area contributed by atoms with E-state index in [1.54, 1.807) is 24.3 Å². The van der Waals surface area contributed by atoms with Gasteiger partial charge in [0, 0.05) is 31.2 Å². The summed E-state index contributed by atoms with van der Waals surface area (Å²) >= 11 is 5.76. The Morgan fingerprint density at radius 1 is 1.33 bits per heavy atom. The summed E-state index contributed by atoms with van der Waals surface area (Å²) in [6.07, 6.45) is 0. The lowest BCUT2D eigenvalue weighted by molar-refractivity contribution is -0.128. The number of carbonyl (C=O) groups is 1. The maximum Gasteiger partial charge on any atom is 0.272 e. The first-order valence-electron chi connectivity index (χ1n) is 5.87. The van der Waals surface area contributed by atoms with E-state index in [4.69, 9.17) is 16.3 Å². The number of benzene rings is 1. The number of hydrogen-bond donors (Lipinski definition) is 2. The normalized spacial score (nSPS) is 16.3. The average Bonchev–Trinajstić information content (AvgIpc) is 2.39. The topological polar surface area (TPSA) is 53.6 Å². The number of halogens is 1. The first-order chi connectivity index (χ1) is 8.74. The fraction of sp³-hybridized carbons (Fsp3) is 0.417. The van der Waals surface area contributed by atoms with Crippen LogP contribution in [-0.4, -0.2) is 43.7 Å². The number of nitrogens with zero attached hydrogens (tertiary/aromatic N) is 1. The van der Waals surface area contributed by atoms with Crippen LogP contribution in [0.4, 0.5) is 0 Å². The molecule has 0 saturated carbocycles. The number of amides is 1. The minimum Gasteiger partial charge on any atom is -0.484 e. The largest absolute Gasteiger partial charge is 0.484 e. The molecule has 6 heteroatoms. The van der Waals surface area contributed by atoms with E-state index in [9.17, 15) is 4.79 Å². The van der Waals surface area contributed by atoms with Crippen molar-refractivity contribution >= 4 is 17.5 Å². The molecular formula is C12H16ClN3O2. The van der Waals surface area contributed by atoms with Crippen molar-refractivity contribution in [2.75, 3.05) is 32.8 Å². The molecule has 1 aliphatic heterocycles. The van der Waals surface area contributed by atoms with Crippen molar-refractivity contribution in [1.82, 2.24) is 15.8 Å². The van der Waals surface area contributed by atoms with Crippen molar-refractivity contribution < 1.29 is 9.53 Å². The molecule has 0 unspecified atom stereocenters. The average molecular weight is 270 g/mol. The zero-order valence-electron chi connectivity index (χ0n) is 9.99. The quantitative estimate of drug-likeness (QED) is 0.843. The lowest BCUT2D eigenvalue weighted by atomic mass is 10.3. The van der Waals surface area contributed by atoms with E-state index in [1.807, 2.05) is 5.01 Å². The van der Waals surface area contributed by atoms with Crippen LogP contribution in [0, 0.1) is 0 Å². The molecular weight excluding hydrogens is 254 g/mol. The maximum absolute atomic E-state index is 11.6. The van der Waals surface area contributed by atoms with Gasteiger partial charge >= 0.3 is 0 Å². The summed E-state index contributed by atoms with van der Waals surface area (Å²) in [6, 6.07) is 6.93. The summed E-state index contributed by atoms with van der Waals surface area (Å²) in [5.41, 5.74) is 2.80. The number of hydrazine groups is 1. The highest BCUT2D eigenvalue weighted by Crippen LogP contribution is 2.15. The molecule has 0 aliphatic carbocycles. The molecule has 0 radical (unpaired) electrons. The Morgan fingerprint density at radius 3 is 2.67 bits per heavy atom. The standard InChI is InChI=1S/C12H16ClN3O2/c13-10-1-3-11(4-2-10)18-9-12(17)15-16-7-5-14-6-8-16/h1-4,14H,5-9H2,(H,15,17). The molecule has 1 saturated heterocycles. The highest BCUT2D eigenvalue weighted by molar-refractivity contribution is 6.30. The third kappa shape index (κ3) is 4.18. The number of carbonyl (C=O) groups excluding carboxylic acids is 1. The molecule has 18 heavy (non-hydrogen) atoms. The summed E-state index contributed by atoms with van der Waals surface area (Å²) in [7, 11) is 0. The van der Waals surface area contributed by atoms with Gasteiger partial charge in [0.05, 0.1) is 0 Å². The van der Waals surface area contributed by atoms with Gasteiger partial charge in [0.1, 0.15) is 5.75 Å². The van der Waals surface area contributed by atoms with Gasteiger partial charge in [-0.15, -0.1) is 0 Å². The molecule has 98 valence electrons.